The molecule has 0 amide bonds. The number of carbonyl (C=O) groups excluding carboxylic acids is 1. The lowest BCUT2D eigenvalue weighted by Crippen LogP contribution is -2.39. The molecule has 1 aliphatic rings. The minimum absolute atomic E-state index is 0.257. The first-order valence-electron chi connectivity index (χ1n) is 15.6. The highest BCUT2D eigenvalue weighted by molar-refractivity contribution is 5.88. The van der Waals surface area contributed by atoms with Gasteiger partial charge in [-0.05, 0) is 95.2 Å². The Kier molecular flexibility index (Phi) is 10.4. The highest BCUT2D eigenvalue weighted by Gasteiger charge is 2.37. The van der Waals surface area contributed by atoms with Crippen molar-refractivity contribution in [3.05, 3.63) is 76.6 Å². The Bertz CT molecular complexity index is 1470. The van der Waals surface area contributed by atoms with Gasteiger partial charge in [-0.25, -0.2) is 4.79 Å². The van der Waals surface area contributed by atoms with Crippen molar-refractivity contribution in [1.29, 1.82) is 5.26 Å². The molecule has 1 saturated heterocycles. The number of esters is 1. The monoisotopic (exact) mass is 597 g/mol. The number of ether oxygens (including phenoxy) is 3. The van der Waals surface area contributed by atoms with Gasteiger partial charge >= 0.3 is 5.97 Å². The fourth-order valence-corrected chi connectivity index (χ4v) is 5.72. The van der Waals surface area contributed by atoms with Crippen molar-refractivity contribution in [1.82, 2.24) is 4.98 Å². The SMILES string of the molecule is CCOC(=O)C(OC(C)(C)C)c1c(C)nc(C)c(-c2ccc(OCCc3ccc(C#N)cc3)cc2)c1N1CCC(C)(C)CC1. The summed E-state index contributed by atoms with van der Waals surface area (Å²) in [6, 6.07) is 17.9. The molecule has 0 saturated carbocycles. The summed E-state index contributed by atoms with van der Waals surface area (Å²) in [6.07, 6.45) is 1.93. The number of aromatic nitrogens is 1. The van der Waals surface area contributed by atoms with Crippen molar-refractivity contribution in [3.63, 3.8) is 0 Å². The van der Waals surface area contributed by atoms with Crippen molar-refractivity contribution < 1.29 is 19.0 Å². The topological polar surface area (TPSA) is 84.7 Å². The van der Waals surface area contributed by atoms with Crippen LogP contribution in [0.2, 0.25) is 0 Å². The molecule has 234 valence electrons. The van der Waals surface area contributed by atoms with E-state index in [1.807, 2.05) is 77.9 Å². The van der Waals surface area contributed by atoms with Gasteiger partial charge in [-0.2, -0.15) is 5.26 Å². The van der Waals surface area contributed by atoms with Crippen LogP contribution in [-0.4, -0.2) is 42.9 Å². The smallest absolute Gasteiger partial charge is 0.340 e. The molecule has 7 nitrogen and oxygen atoms in total. The molecule has 0 spiro atoms. The predicted molar refractivity (Wildman–Crippen MR) is 175 cm³/mol. The number of nitrogens with zero attached hydrogens (tertiary/aromatic N) is 3. The van der Waals surface area contributed by atoms with E-state index in [0.717, 1.165) is 77.4 Å². The Labute approximate surface area is 263 Å². The third-order valence-corrected chi connectivity index (χ3v) is 8.13. The van der Waals surface area contributed by atoms with Gasteiger partial charge < -0.3 is 19.1 Å². The van der Waals surface area contributed by atoms with E-state index in [9.17, 15) is 4.79 Å². The van der Waals surface area contributed by atoms with Gasteiger partial charge in [-0.3, -0.25) is 4.98 Å². The zero-order chi connectivity index (χ0) is 32.1. The zero-order valence-corrected chi connectivity index (χ0v) is 27.6. The standard InChI is InChI=1S/C37H47N3O4/c1-9-42-35(41)34(44-36(4,5)6)32-26(3)39-25(2)31(33(32)40-21-19-37(7,8)20-22-40)29-14-16-30(17-15-29)43-23-18-27-10-12-28(24-38)13-11-27/h10-17,34H,9,18-23H2,1-8H3. The first kappa shape index (κ1) is 33.0. The average molecular weight is 598 g/mol. The molecular formula is C37H47N3O4. The molecule has 1 aromatic heterocycles. The van der Waals surface area contributed by atoms with Crippen LogP contribution in [-0.2, 0) is 20.7 Å². The Morgan fingerprint density at radius 1 is 1.02 bits per heavy atom. The van der Waals surface area contributed by atoms with E-state index in [4.69, 9.17) is 24.5 Å². The summed E-state index contributed by atoms with van der Waals surface area (Å²) < 4.78 is 18.1. The molecule has 3 aromatic rings. The van der Waals surface area contributed by atoms with Crippen LogP contribution < -0.4 is 9.64 Å². The highest BCUT2D eigenvalue weighted by atomic mass is 16.6. The maximum Gasteiger partial charge on any atom is 0.340 e. The van der Waals surface area contributed by atoms with E-state index in [-0.39, 0.29) is 12.0 Å². The second-order valence-corrected chi connectivity index (χ2v) is 13.4. The van der Waals surface area contributed by atoms with Gasteiger partial charge in [0.15, 0.2) is 6.10 Å². The molecule has 0 bridgehead atoms. The predicted octanol–water partition coefficient (Wildman–Crippen LogP) is 7.90. The van der Waals surface area contributed by atoms with Gasteiger partial charge in [-0.15, -0.1) is 0 Å². The molecule has 44 heavy (non-hydrogen) atoms. The van der Waals surface area contributed by atoms with Crippen LogP contribution >= 0.6 is 0 Å². The number of hydrogen-bond acceptors (Lipinski definition) is 7. The number of nitriles is 1. The van der Waals surface area contributed by atoms with Crippen LogP contribution in [0.25, 0.3) is 11.1 Å². The molecule has 0 radical (unpaired) electrons. The summed E-state index contributed by atoms with van der Waals surface area (Å²) in [5.74, 6) is 0.383. The van der Waals surface area contributed by atoms with Crippen LogP contribution in [0.3, 0.4) is 0 Å². The van der Waals surface area contributed by atoms with Gasteiger partial charge in [0.25, 0.3) is 0 Å². The minimum Gasteiger partial charge on any atom is -0.493 e. The summed E-state index contributed by atoms with van der Waals surface area (Å²) in [4.78, 5) is 20.9. The van der Waals surface area contributed by atoms with Crippen molar-refractivity contribution >= 4 is 11.7 Å². The van der Waals surface area contributed by atoms with Gasteiger partial charge in [-0.1, -0.05) is 38.1 Å². The maximum absolute atomic E-state index is 13.5. The second kappa shape index (κ2) is 13.8. The first-order valence-corrected chi connectivity index (χ1v) is 15.6. The molecule has 0 N–H and O–H groups in total. The quantitative estimate of drug-likeness (QED) is 0.220. The fraction of sp³-hybridized carbons (Fsp3) is 0.486. The molecule has 7 heteroatoms. The van der Waals surface area contributed by atoms with Crippen LogP contribution in [0, 0.1) is 30.6 Å². The normalized spacial score (nSPS) is 15.4. The molecule has 1 fully saturated rings. The van der Waals surface area contributed by atoms with Crippen molar-refractivity contribution in [3.8, 4) is 22.9 Å². The van der Waals surface area contributed by atoms with E-state index in [1.165, 1.54) is 0 Å². The third kappa shape index (κ3) is 8.18. The van der Waals surface area contributed by atoms with Crippen molar-refractivity contribution in [2.75, 3.05) is 31.2 Å². The minimum atomic E-state index is -0.906. The van der Waals surface area contributed by atoms with Gasteiger partial charge in [0, 0.05) is 42.0 Å². The van der Waals surface area contributed by atoms with E-state index in [1.54, 1.807) is 0 Å². The maximum atomic E-state index is 13.5. The average Bonchev–Trinajstić information content (AvgIpc) is 2.96. The lowest BCUT2D eigenvalue weighted by Gasteiger charge is -2.41. The number of benzene rings is 2. The Morgan fingerprint density at radius 2 is 1.66 bits per heavy atom. The lowest BCUT2D eigenvalue weighted by atomic mass is 9.82. The highest BCUT2D eigenvalue weighted by Crippen LogP contribution is 2.45. The molecule has 1 unspecified atom stereocenters. The van der Waals surface area contributed by atoms with Crippen molar-refractivity contribution in [2.24, 2.45) is 5.41 Å². The van der Waals surface area contributed by atoms with Gasteiger partial charge in [0.2, 0.25) is 0 Å². The van der Waals surface area contributed by atoms with E-state index in [2.05, 4.69) is 36.9 Å². The Balaban J connectivity index is 1.72. The molecule has 4 rings (SSSR count). The van der Waals surface area contributed by atoms with Crippen LogP contribution in [0.1, 0.15) is 88.6 Å². The Morgan fingerprint density at radius 3 is 2.23 bits per heavy atom. The summed E-state index contributed by atoms with van der Waals surface area (Å²) in [7, 11) is 0. The van der Waals surface area contributed by atoms with E-state index < -0.39 is 17.7 Å². The summed E-state index contributed by atoms with van der Waals surface area (Å²) in [5.41, 5.74) is 6.92. The lowest BCUT2D eigenvalue weighted by molar-refractivity contribution is -0.166. The fourth-order valence-electron chi connectivity index (χ4n) is 5.72. The largest absolute Gasteiger partial charge is 0.493 e. The van der Waals surface area contributed by atoms with Crippen molar-refractivity contribution in [2.45, 2.75) is 86.4 Å². The van der Waals surface area contributed by atoms with Gasteiger partial charge in [0.1, 0.15) is 5.75 Å². The molecule has 0 aliphatic carbocycles. The summed E-state index contributed by atoms with van der Waals surface area (Å²) >= 11 is 0. The van der Waals surface area contributed by atoms with Crippen LogP contribution in [0.15, 0.2) is 48.5 Å². The Hall–Kier alpha value is -3.89. The van der Waals surface area contributed by atoms with Crippen LogP contribution in [0.5, 0.6) is 5.75 Å². The zero-order valence-electron chi connectivity index (χ0n) is 27.6. The van der Waals surface area contributed by atoms with Gasteiger partial charge in [0.05, 0.1) is 36.1 Å². The summed E-state index contributed by atoms with van der Waals surface area (Å²) in [5, 5.41) is 9.03. The summed E-state index contributed by atoms with van der Waals surface area (Å²) in [6.45, 7) is 18.9. The molecule has 2 aromatic carbocycles. The molecule has 2 heterocycles. The molecule has 1 atom stereocenters. The van der Waals surface area contributed by atoms with E-state index >= 15 is 0 Å². The number of piperidine rings is 1. The number of hydrogen-bond donors (Lipinski definition) is 0. The third-order valence-electron chi connectivity index (χ3n) is 8.13. The second-order valence-electron chi connectivity index (χ2n) is 13.4. The first-order chi connectivity index (χ1) is 20.8. The number of pyridine rings is 1. The van der Waals surface area contributed by atoms with Crippen LogP contribution in [0.4, 0.5) is 5.69 Å². The van der Waals surface area contributed by atoms with E-state index in [0.29, 0.717) is 12.2 Å². The number of rotatable bonds is 10. The molecule has 1 aliphatic heterocycles. The number of aryl methyl sites for hydroxylation is 2. The number of carbonyl (C=O) groups is 1. The molecular weight excluding hydrogens is 550 g/mol. The number of anilines is 1.